The zero-order valence-corrected chi connectivity index (χ0v) is 13.4. The summed E-state index contributed by atoms with van der Waals surface area (Å²) in [5, 5.41) is 0. The third-order valence-electron chi connectivity index (χ3n) is 6.28. The Balaban J connectivity index is 1.74. The number of hydrogen-bond donors (Lipinski definition) is 0. The fraction of sp³-hybridized carbons (Fsp3) is 1.00. The number of rotatable bonds is 3. The van der Waals surface area contributed by atoms with Crippen LogP contribution in [0.25, 0.3) is 0 Å². The van der Waals surface area contributed by atoms with E-state index < -0.39 is 0 Å². The summed E-state index contributed by atoms with van der Waals surface area (Å²) in [5.74, 6) is 2.74. The van der Waals surface area contributed by atoms with Crippen molar-refractivity contribution in [3.63, 3.8) is 0 Å². The third-order valence-corrected chi connectivity index (χ3v) is 6.28. The lowest BCUT2D eigenvalue weighted by molar-refractivity contribution is -0.199. The summed E-state index contributed by atoms with van der Waals surface area (Å²) in [5.41, 5.74) is 0.416. The molecule has 0 aromatic rings. The summed E-state index contributed by atoms with van der Waals surface area (Å²) in [6, 6.07) is 0. The summed E-state index contributed by atoms with van der Waals surface area (Å²) in [6.45, 7) is 14.0. The van der Waals surface area contributed by atoms with E-state index in [0.29, 0.717) is 29.2 Å². The third kappa shape index (κ3) is 1.92. The van der Waals surface area contributed by atoms with Crippen LogP contribution in [0.2, 0.25) is 5.82 Å². The summed E-state index contributed by atoms with van der Waals surface area (Å²) in [4.78, 5) is 0. The molecular weight excluding hydrogens is 235 g/mol. The van der Waals surface area contributed by atoms with Crippen LogP contribution in [0.15, 0.2) is 0 Å². The van der Waals surface area contributed by atoms with E-state index in [2.05, 4.69) is 41.5 Å². The Morgan fingerprint density at radius 1 is 1.16 bits per heavy atom. The topological polar surface area (TPSA) is 18.5 Å². The van der Waals surface area contributed by atoms with Crippen LogP contribution >= 0.6 is 0 Å². The van der Waals surface area contributed by atoms with E-state index in [1.54, 1.807) is 0 Å². The van der Waals surface area contributed by atoms with E-state index in [0.717, 1.165) is 5.92 Å². The Morgan fingerprint density at radius 3 is 2.42 bits per heavy atom. The molecule has 19 heavy (non-hydrogen) atoms. The first-order chi connectivity index (χ1) is 8.75. The lowest BCUT2D eigenvalue weighted by Gasteiger charge is -2.64. The van der Waals surface area contributed by atoms with Gasteiger partial charge in [0.1, 0.15) is 0 Å². The van der Waals surface area contributed by atoms with E-state index in [9.17, 15) is 0 Å². The normalized spacial score (nSPS) is 45.0. The van der Waals surface area contributed by atoms with Gasteiger partial charge in [-0.25, -0.2) is 0 Å². The van der Waals surface area contributed by atoms with Gasteiger partial charge in [-0.15, -0.1) is 0 Å². The van der Waals surface area contributed by atoms with Crippen molar-refractivity contribution in [1.29, 1.82) is 0 Å². The molecule has 4 aliphatic rings. The average Bonchev–Trinajstić information content (AvgIpc) is 2.64. The van der Waals surface area contributed by atoms with Crippen LogP contribution in [0.1, 0.15) is 60.8 Å². The van der Waals surface area contributed by atoms with Gasteiger partial charge in [0.15, 0.2) is 0 Å². The van der Waals surface area contributed by atoms with Crippen molar-refractivity contribution >= 4 is 7.12 Å². The first-order valence-electron chi connectivity index (χ1n) is 8.08. The zero-order chi connectivity index (χ0) is 14.0. The van der Waals surface area contributed by atoms with Crippen molar-refractivity contribution in [1.82, 2.24) is 0 Å². The Hall–Kier alpha value is -0.0151. The zero-order valence-electron chi connectivity index (χ0n) is 13.4. The standard InChI is InChI=1S/C16H29BO2/c1-10(2)7-11(3)17-18-14-9-12-8-13(15(12,4)5)16(14,6)19-17/h10-14H,7-9H2,1-6H3/t11-,12?,13?,14?,16+/m1/s1. The van der Waals surface area contributed by atoms with E-state index in [4.69, 9.17) is 9.31 Å². The second-order valence-electron chi connectivity index (χ2n) is 8.44. The van der Waals surface area contributed by atoms with Crippen LogP contribution in [0.4, 0.5) is 0 Å². The lowest BCUT2D eigenvalue weighted by atomic mass is 9.43. The molecule has 5 atom stereocenters. The molecule has 0 spiro atoms. The molecule has 4 rings (SSSR count). The quantitative estimate of drug-likeness (QED) is 0.713. The minimum atomic E-state index is -0.0336. The summed E-state index contributed by atoms with van der Waals surface area (Å²) >= 11 is 0. The van der Waals surface area contributed by atoms with Crippen molar-refractivity contribution in [2.45, 2.75) is 78.3 Å². The van der Waals surface area contributed by atoms with Crippen molar-refractivity contribution < 1.29 is 9.31 Å². The molecule has 4 fully saturated rings. The van der Waals surface area contributed by atoms with Crippen LogP contribution in [0.5, 0.6) is 0 Å². The molecular formula is C16H29BO2. The summed E-state index contributed by atoms with van der Waals surface area (Å²) in [7, 11) is 0.0209. The van der Waals surface area contributed by atoms with Crippen LogP contribution < -0.4 is 0 Å². The fourth-order valence-electron chi connectivity index (χ4n) is 5.00. The molecule has 1 saturated heterocycles. The van der Waals surface area contributed by atoms with Crippen LogP contribution in [0, 0.1) is 23.2 Å². The number of hydrogen-bond acceptors (Lipinski definition) is 2. The monoisotopic (exact) mass is 264 g/mol. The molecule has 3 aliphatic carbocycles. The maximum atomic E-state index is 6.48. The Morgan fingerprint density at radius 2 is 1.84 bits per heavy atom. The minimum absolute atomic E-state index is 0.0209. The SMILES string of the molecule is CC(C)C[C@@H](C)B1OC2CC3CC(C3(C)C)[C@]2(C)O1. The van der Waals surface area contributed by atoms with E-state index >= 15 is 0 Å². The predicted molar refractivity (Wildman–Crippen MR) is 79.0 cm³/mol. The van der Waals surface area contributed by atoms with Gasteiger partial charge in [0.2, 0.25) is 0 Å². The molecule has 3 saturated carbocycles. The molecule has 0 aromatic heterocycles. The van der Waals surface area contributed by atoms with E-state index in [1.807, 2.05) is 0 Å². The van der Waals surface area contributed by atoms with Gasteiger partial charge in [0.05, 0.1) is 11.7 Å². The van der Waals surface area contributed by atoms with Gasteiger partial charge in [-0.1, -0.05) is 34.6 Å². The van der Waals surface area contributed by atoms with Gasteiger partial charge in [0.25, 0.3) is 0 Å². The second-order valence-corrected chi connectivity index (χ2v) is 8.44. The first kappa shape index (κ1) is 13.9. The highest BCUT2D eigenvalue weighted by atomic mass is 16.7. The fourth-order valence-corrected chi connectivity index (χ4v) is 5.00. The van der Waals surface area contributed by atoms with Gasteiger partial charge in [0, 0.05) is 0 Å². The van der Waals surface area contributed by atoms with Crippen LogP contribution in [0.3, 0.4) is 0 Å². The maximum Gasteiger partial charge on any atom is 0.460 e. The van der Waals surface area contributed by atoms with Crippen molar-refractivity contribution in [2.75, 3.05) is 0 Å². The van der Waals surface area contributed by atoms with Crippen LogP contribution in [-0.4, -0.2) is 18.8 Å². The Bertz CT molecular complexity index is 368. The average molecular weight is 264 g/mol. The van der Waals surface area contributed by atoms with Gasteiger partial charge in [-0.3, -0.25) is 0 Å². The Kier molecular flexibility index (Phi) is 3.11. The minimum Gasteiger partial charge on any atom is -0.405 e. The molecule has 1 heterocycles. The first-order valence-corrected chi connectivity index (χ1v) is 8.08. The smallest absolute Gasteiger partial charge is 0.405 e. The molecule has 0 aromatic carbocycles. The highest BCUT2D eigenvalue weighted by Crippen LogP contribution is 2.66. The lowest BCUT2D eigenvalue weighted by Crippen LogP contribution is -2.65. The van der Waals surface area contributed by atoms with Gasteiger partial charge in [-0.05, 0) is 55.2 Å². The van der Waals surface area contributed by atoms with Gasteiger partial charge in [-0.2, -0.15) is 0 Å². The van der Waals surface area contributed by atoms with Gasteiger partial charge >= 0.3 is 7.12 Å². The predicted octanol–water partition coefficient (Wildman–Crippen LogP) is 4.15. The largest absolute Gasteiger partial charge is 0.460 e. The molecule has 0 amide bonds. The highest BCUT2D eigenvalue weighted by Gasteiger charge is 2.68. The molecule has 2 nitrogen and oxygen atoms in total. The van der Waals surface area contributed by atoms with Crippen molar-refractivity contribution in [3.05, 3.63) is 0 Å². The maximum absolute atomic E-state index is 6.48. The van der Waals surface area contributed by atoms with Crippen molar-refractivity contribution in [3.8, 4) is 0 Å². The molecule has 2 bridgehead atoms. The van der Waals surface area contributed by atoms with Crippen LogP contribution in [-0.2, 0) is 9.31 Å². The molecule has 1 aliphatic heterocycles. The molecule has 108 valence electrons. The molecule has 3 unspecified atom stereocenters. The molecule has 0 radical (unpaired) electrons. The van der Waals surface area contributed by atoms with Crippen molar-refractivity contribution in [2.24, 2.45) is 23.2 Å². The Labute approximate surface area is 118 Å². The highest BCUT2D eigenvalue weighted by molar-refractivity contribution is 6.47. The molecule has 3 heteroatoms. The van der Waals surface area contributed by atoms with Gasteiger partial charge < -0.3 is 9.31 Å². The summed E-state index contributed by atoms with van der Waals surface area (Å²) in [6.07, 6.45) is 4.06. The molecule has 0 N–H and O–H groups in total. The van der Waals surface area contributed by atoms with E-state index in [-0.39, 0.29) is 12.7 Å². The second kappa shape index (κ2) is 4.24. The van der Waals surface area contributed by atoms with E-state index in [1.165, 1.54) is 19.3 Å². The summed E-state index contributed by atoms with van der Waals surface area (Å²) < 4.78 is 12.8.